The van der Waals surface area contributed by atoms with Gasteiger partial charge in [-0.1, -0.05) is 0 Å². The van der Waals surface area contributed by atoms with E-state index in [0.717, 1.165) is 0 Å². The molecule has 0 aliphatic heterocycles. The third kappa shape index (κ3) is 1.38. The minimum atomic E-state index is -2.74. The highest BCUT2D eigenvalue weighted by Crippen LogP contribution is 2.11. The Hall–Kier alpha value is -1.84. The van der Waals surface area contributed by atoms with Crippen LogP contribution in [0.2, 0.25) is 0 Å². The van der Waals surface area contributed by atoms with Crippen LogP contribution in [-0.4, -0.2) is 14.5 Å². The molecule has 2 aromatic heterocycles. The molecule has 0 aliphatic carbocycles. The van der Waals surface area contributed by atoms with E-state index in [2.05, 4.69) is 9.97 Å². The van der Waals surface area contributed by atoms with Gasteiger partial charge in [0.2, 0.25) is 0 Å². The average Bonchev–Trinajstić information content (AvgIpc) is 2.65. The molecule has 4 nitrogen and oxygen atoms in total. The Morgan fingerprint density at radius 3 is 3.00 bits per heavy atom. The molecule has 0 radical (unpaired) electrons. The quantitative estimate of drug-likeness (QED) is 0.720. The number of hydrogen-bond acceptors (Lipinski definition) is 3. The standard InChI is InChI=1S/C9H10N4/c1-7-12-9(10)6-13(7)8-2-4-11-5-3-8/h2-6H,10H2,1H3/i1D3,2D,3D,4D,5D,6D. The lowest BCUT2D eigenvalue weighted by Gasteiger charge is -2.02. The predicted molar refractivity (Wildman–Crippen MR) is 50.5 cm³/mol. The molecule has 0 unspecified atom stereocenters. The molecule has 2 N–H and O–H groups in total. The van der Waals surface area contributed by atoms with E-state index in [1.807, 2.05) is 0 Å². The van der Waals surface area contributed by atoms with Crippen LogP contribution in [-0.2, 0) is 0 Å². The van der Waals surface area contributed by atoms with Crippen molar-refractivity contribution in [2.45, 2.75) is 6.85 Å². The summed E-state index contributed by atoms with van der Waals surface area (Å²) < 4.78 is 61.2. The largest absolute Gasteiger partial charge is 0.382 e. The first-order valence-electron chi connectivity index (χ1n) is 7.35. The lowest BCUT2D eigenvalue weighted by Crippen LogP contribution is -1.94. The van der Waals surface area contributed by atoms with Gasteiger partial charge in [-0.05, 0) is 18.9 Å². The summed E-state index contributed by atoms with van der Waals surface area (Å²) in [5, 5.41) is 0. The highest BCUT2D eigenvalue weighted by Gasteiger charge is 2.01. The molecule has 2 aromatic rings. The average molecular weight is 182 g/mol. The molecule has 2 heterocycles. The molecule has 0 amide bonds. The van der Waals surface area contributed by atoms with Crippen molar-refractivity contribution in [3.05, 3.63) is 36.4 Å². The molecular weight excluding hydrogens is 164 g/mol. The zero-order chi connectivity index (χ0) is 16.1. The number of rotatable bonds is 1. The Morgan fingerprint density at radius 2 is 2.31 bits per heavy atom. The Bertz CT molecular complexity index is 694. The zero-order valence-corrected chi connectivity index (χ0v) is 6.42. The summed E-state index contributed by atoms with van der Waals surface area (Å²) in [5.74, 6) is -0.980. The van der Waals surface area contributed by atoms with Crippen LogP contribution in [0.5, 0.6) is 0 Å². The molecular formula is C9H10N4. The summed E-state index contributed by atoms with van der Waals surface area (Å²) in [7, 11) is 0. The van der Waals surface area contributed by atoms with Gasteiger partial charge in [-0.2, -0.15) is 0 Å². The number of aromatic nitrogens is 3. The third-order valence-corrected chi connectivity index (χ3v) is 1.35. The summed E-state index contributed by atoms with van der Waals surface area (Å²) in [6.45, 7) is -2.74. The van der Waals surface area contributed by atoms with E-state index in [0.29, 0.717) is 4.57 Å². The van der Waals surface area contributed by atoms with Crippen molar-refractivity contribution in [3.63, 3.8) is 0 Å². The van der Waals surface area contributed by atoms with Crippen LogP contribution in [0.4, 0.5) is 5.82 Å². The van der Waals surface area contributed by atoms with Gasteiger partial charge in [0.15, 0.2) is 0 Å². The maximum atomic E-state index is 7.78. The summed E-state index contributed by atoms with van der Waals surface area (Å²) in [6.07, 6.45) is -1.73. The van der Waals surface area contributed by atoms with Crippen LogP contribution in [0, 0.1) is 6.85 Å². The smallest absolute Gasteiger partial charge is 0.142 e. The van der Waals surface area contributed by atoms with E-state index in [9.17, 15) is 0 Å². The monoisotopic (exact) mass is 182 g/mol. The molecule has 0 saturated heterocycles. The Morgan fingerprint density at radius 1 is 1.54 bits per heavy atom. The van der Waals surface area contributed by atoms with Gasteiger partial charge in [-0.15, -0.1) is 0 Å². The van der Waals surface area contributed by atoms with Gasteiger partial charge in [0, 0.05) is 22.1 Å². The van der Waals surface area contributed by atoms with Gasteiger partial charge in [-0.25, -0.2) is 4.98 Å². The van der Waals surface area contributed by atoms with E-state index in [4.69, 9.17) is 16.7 Å². The second kappa shape index (κ2) is 2.90. The topological polar surface area (TPSA) is 56.7 Å². The fraction of sp³-hybridized carbons (Fsp3) is 0.111. The van der Waals surface area contributed by atoms with Crippen molar-refractivity contribution in [1.29, 1.82) is 0 Å². The normalized spacial score (nSPS) is 20.0. The maximum absolute atomic E-state index is 7.78. The first kappa shape index (κ1) is 2.83. The van der Waals surface area contributed by atoms with E-state index >= 15 is 0 Å². The third-order valence-electron chi connectivity index (χ3n) is 1.35. The van der Waals surface area contributed by atoms with Crippen LogP contribution in [0.1, 0.15) is 16.8 Å². The van der Waals surface area contributed by atoms with Gasteiger partial charge >= 0.3 is 0 Å². The fourth-order valence-corrected chi connectivity index (χ4v) is 0.851. The minimum Gasteiger partial charge on any atom is -0.382 e. The predicted octanol–water partition coefficient (Wildman–Crippen LogP) is 1.16. The van der Waals surface area contributed by atoms with Gasteiger partial charge < -0.3 is 10.3 Å². The Balaban J connectivity index is 2.92. The molecule has 0 saturated carbocycles. The van der Waals surface area contributed by atoms with Crippen LogP contribution in [0.15, 0.2) is 30.6 Å². The van der Waals surface area contributed by atoms with E-state index in [1.54, 1.807) is 0 Å². The van der Waals surface area contributed by atoms with Crippen molar-refractivity contribution >= 4 is 5.82 Å². The van der Waals surface area contributed by atoms with E-state index < -0.39 is 49.0 Å². The van der Waals surface area contributed by atoms with Crippen LogP contribution >= 0.6 is 0 Å². The Kier molecular flexibility index (Phi) is 0.631. The first-order chi connectivity index (χ1) is 9.55. The van der Waals surface area contributed by atoms with Gasteiger partial charge in [-0.3, -0.25) is 4.98 Å². The van der Waals surface area contributed by atoms with Crippen LogP contribution < -0.4 is 5.73 Å². The van der Waals surface area contributed by atoms with E-state index in [-0.39, 0.29) is 5.82 Å². The molecule has 2 rings (SSSR count). The van der Waals surface area contributed by atoms with Crippen molar-refractivity contribution in [3.8, 4) is 5.69 Å². The number of anilines is 1. The summed E-state index contributed by atoms with van der Waals surface area (Å²) >= 11 is 0. The van der Waals surface area contributed by atoms with Crippen LogP contribution in [0.3, 0.4) is 0 Å². The van der Waals surface area contributed by atoms with Crippen molar-refractivity contribution in [2.24, 2.45) is 0 Å². The number of hydrogen-bond donors (Lipinski definition) is 1. The fourth-order valence-electron chi connectivity index (χ4n) is 0.851. The maximum Gasteiger partial charge on any atom is 0.142 e. The molecule has 0 aromatic carbocycles. The molecule has 0 aliphatic rings. The van der Waals surface area contributed by atoms with Gasteiger partial charge in [0.25, 0.3) is 0 Å². The molecule has 66 valence electrons. The number of aryl methyl sites for hydroxylation is 1. The molecule has 0 bridgehead atoms. The number of nitrogen functional groups attached to an aromatic ring is 1. The second-order valence-electron chi connectivity index (χ2n) is 2.20. The molecule has 13 heavy (non-hydrogen) atoms. The van der Waals surface area contributed by atoms with E-state index in [1.165, 1.54) is 0 Å². The van der Waals surface area contributed by atoms with Gasteiger partial charge in [0.1, 0.15) is 11.6 Å². The van der Waals surface area contributed by atoms with Crippen molar-refractivity contribution < 1.29 is 11.0 Å². The highest BCUT2D eigenvalue weighted by atomic mass is 15.1. The SMILES string of the molecule is [2H]c1nc([2H])c([2H])c(-n2c(C([2H])([2H])[2H])nc(N)c2[2H])c1[2H]. The van der Waals surface area contributed by atoms with Crippen molar-refractivity contribution in [1.82, 2.24) is 14.5 Å². The molecule has 0 fully saturated rings. The summed E-state index contributed by atoms with van der Waals surface area (Å²) in [5.41, 5.74) is 5.03. The minimum absolute atomic E-state index is 0.380. The molecule has 0 atom stereocenters. The lowest BCUT2D eigenvalue weighted by molar-refractivity contribution is 0.970. The summed E-state index contributed by atoms with van der Waals surface area (Å²) in [6, 6.07) is -1.15. The first-order valence-corrected chi connectivity index (χ1v) is 3.35. The number of nitrogens with two attached hydrogens (primary N) is 1. The number of nitrogens with zero attached hydrogens (tertiary/aromatic N) is 3. The highest BCUT2D eigenvalue weighted by molar-refractivity contribution is 5.37. The summed E-state index contributed by atoms with van der Waals surface area (Å²) in [4.78, 5) is 6.96. The van der Waals surface area contributed by atoms with Crippen LogP contribution in [0.25, 0.3) is 5.69 Å². The second-order valence-corrected chi connectivity index (χ2v) is 2.20. The van der Waals surface area contributed by atoms with Crippen molar-refractivity contribution in [2.75, 3.05) is 5.73 Å². The zero-order valence-electron chi connectivity index (χ0n) is 14.4. The molecule has 0 spiro atoms. The van der Waals surface area contributed by atoms with Gasteiger partial charge in [0.05, 0.1) is 13.0 Å². The molecule has 4 heteroatoms. The Labute approximate surface area is 87.3 Å². The number of pyridine rings is 1. The number of imidazole rings is 1. The lowest BCUT2D eigenvalue weighted by atomic mass is 10.4.